The maximum atomic E-state index is 11.7. The Morgan fingerprint density at radius 2 is 1.67 bits per heavy atom. The van der Waals surface area contributed by atoms with Gasteiger partial charge in [-0.3, -0.25) is 9.79 Å². The lowest BCUT2D eigenvalue weighted by atomic mass is 10.1. The first-order valence-corrected chi connectivity index (χ1v) is 8.94. The molecule has 0 aliphatic rings. The van der Waals surface area contributed by atoms with Crippen molar-refractivity contribution in [3.63, 3.8) is 0 Å². The Kier molecular flexibility index (Phi) is 10.2. The standard InChI is InChI=1S/C20H25ClN4O.HI/c1-14(2)19(26)25-18-9-7-15(8-10-18)12-23-20(22-3)24-13-16-5-4-6-17(21)11-16;/h4-11,14H,12-13H2,1-3H3,(H,25,26)(H2,22,23,24);1H. The first kappa shape index (κ1) is 23.2. The molecule has 1 amide bonds. The summed E-state index contributed by atoms with van der Waals surface area (Å²) in [6, 6.07) is 15.5. The van der Waals surface area contributed by atoms with Gasteiger partial charge < -0.3 is 16.0 Å². The van der Waals surface area contributed by atoms with E-state index in [-0.39, 0.29) is 35.8 Å². The van der Waals surface area contributed by atoms with Crippen molar-refractivity contribution in [2.24, 2.45) is 10.9 Å². The zero-order valence-corrected chi connectivity index (χ0v) is 18.8. The molecule has 2 rings (SSSR count). The third-order valence-electron chi connectivity index (χ3n) is 3.78. The summed E-state index contributed by atoms with van der Waals surface area (Å²) in [6.07, 6.45) is 0. The zero-order valence-electron chi connectivity index (χ0n) is 15.8. The van der Waals surface area contributed by atoms with E-state index in [1.807, 2.05) is 62.4 Å². The van der Waals surface area contributed by atoms with Crippen LogP contribution in [-0.2, 0) is 17.9 Å². The Bertz CT molecular complexity index is 763. The van der Waals surface area contributed by atoms with E-state index in [0.29, 0.717) is 19.0 Å². The Balaban J connectivity index is 0.00000364. The van der Waals surface area contributed by atoms with Crippen LogP contribution in [0.2, 0.25) is 5.02 Å². The summed E-state index contributed by atoms with van der Waals surface area (Å²) >= 11 is 6.00. The SMILES string of the molecule is CN=C(NCc1ccc(NC(=O)C(C)C)cc1)NCc1cccc(Cl)c1.I. The number of rotatable bonds is 6. The third-order valence-corrected chi connectivity index (χ3v) is 4.01. The molecule has 0 aromatic heterocycles. The summed E-state index contributed by atoms with van der Waals surface area (Å²) in [5, 5.41) is 10.1. The molecule has 0 spiro atoms. The molecule has 0 bridgehead atoms. The summed E-state index contributed by atoms with van der Waals surface area (Å²) in [5.74, 6) is 0.689. The van der Waals surface area contributed by atoms with Gasteiger partial charge in [0.15, 0.2) is 5.96 Å². The fourth-order valence-electron chi connectivity index (χ4n) is 2.23. The second-order valence-electron chi connectivity index (χ2n) is 6.25. The van der Waals surface area contributed by atoms with E-state index in [9.17, 15) is 4.79 Å². The maximum absolute atomic E-state index is 11.7. The van der Waals surface area contributed by atoms with Gasteiger partial charge in [-0.05, 0) is 35.4 Å². The topological polar surface area (TPSA) is 65.5 Å². The average molecular weight is 501 g/mol. The van der Waals surface area contributed by atoms with Crippen LogP contribution in [0.4, 0.5) is 5.69 Å². The highest BCUT2D eigenvalue weighted by Gasteiger charge is 2.06. The molecule has 0 atom stereocenters. The third kappa shape index (κ3) is 8.17. The molecule has 7 heteroatoms. The van der Waals surface area contributed by atoms with Crippen molar-refractivity contribution < 1.29 is 4.79 Å². The van der Waals surface area contributed by atoms with Gasteiger partial charge in [0, 0.05) is 36.8 Å². The van der Waals surface area contributed by atoms with Crippen LogP contribution in [0.1, 0.15) is 25.0 Å². The highest BCUT2D eigenvalue weighted by atomic mass is 127. The van der Waals surface area contributed by atoms with E-state index in [2.05, 4.69) is 20.9 Å². The van der Waals surface area contributed by atoms with Crippen molar-refractivity contribution in [2.75, 3.05) is 12.4 Å². The van der Waals surface area contributed by atoms with Crippen LogP contribution in [0.15, 0.2) is 53.5 Å². The number of aliphatic imine (C=N–C) groups is 1. The predicted molar refractivity (Wildman–Crippen MR) is 124 cm³/mol. The second kappa shape index (κ2) is 11.8. The van der Waals surface area contributed by atoms with E-state index in [0.717, 1.165) is 21.8 Å². The lowest BCUT2D eigenvalue weighted by Crippen LogP contribution is -2.36. The number of guanidine groups is 1. The molecule has 27 heavy (non-hydrogen) atoms. The number of carbonyl (C=O) groups excluding carboxylic acids is 1. The number of amides is 1. The van der Waals surface area contributed by atoms with Gasteiger partial charge in [0.05, 0.1) is 0 Å². The van der Waals surface area contributed by atoms with Crippen LogP contribution in [0.3, 0.4) is 0 Å². The molecule has 0 fully saturated rings. The lowest BCUT2D eigenvalue weighted by Gasteiger charge is -2.13. The number of hydrogen-bond donors (Lipinski definition) is 3. The van der Waals surface area contributed by atoms with E-state index in [4.69, 9.17) is 11.6 Å². The molecule has 0 saturated carbocycles. The van der Waals surface area contributed by atoms with Crippen LogP contribution in [0, 0.1) is 5.92 Å². The first-order valence-electron chi connectivity index (χ1n) is 8.56. The molecule has 0 aliphatic carbocycles. The molecule has 0 heterocycles. The molecule has 2 aromatic carbocycles. The molecule has 0 aliphatic heterocycles. The maximum Gasteiger partial charge on any atom is 0.226 e. The zero-order chi connectivity index (χ0) is 18.9. The smallest absolute Gasteiger partial charge is 0.226 e. The highest BCUT2D eigenvalue weighted by molar-refractivity contribution is 14.0. The summed E-state index contributed by atoms with van der Waals surface area (Å²) in [7, 11) is 1.73. The predicted octanol–water partition coefficient (Wildman–Crippen LogP) is 4.42. The first-order chi connectivity index (χ1) is 12.5. The van der Waals surface area contributed by atoms with Crippen LogP contribution >= 0.6 is 35.6 Å². The molecule has 0 radical (unpaired) electrons. The van der Waals surface area contributed by atoms with Crippen molar-refractivity contribution in [1.29, 1.82) is 0 Å². The Morgan fingerprint density at radius 1 is 1.04 bits per heavy atom. The van der Waals surface area contributed by atoms with E-state index < -0.39 is 0 Å². The van der Waals surface area contributed by atoms with Gasteiger partial charge in [-0.25, -0.2) is 0 Å². The van der Waals surface area contributed by atoms with Crippen molar-refractivity contribution in [3.05, 3.63) is 64.7 Å². The fraction of sp³-hybridized carbons (Fsp3) is 0.300. The molecule has 0 saturated heterocycles. The van der Waals surface area contributed by atoms with E-state index in [1.165, 1.54) is 0 Å². The van der Waals surface area contributed by atoms with E-state index >= 15 is 0 Å². The summed E-state index contributed by atoms with van der Waals surface area (Å²) in [6.45, 7) is 5.01. The Hall–Kier alpha value is -1.80. The fourth-order valence-corrected chi connectivity index (χ4v) is 2.44. The Labute approximate surface area is 183 Å². The van der Waals surface area contributed by atoms with Crippen molar-refractivity contribution in [1.82, 2.24) is 10.6 Å². The molecule has 3 N–H and O–H groups in total. The number of nitrogens with one attached hydrogen (secondary N) is 3. The number of carbonyl (C=O) groups is 1. The van der Waals surface area contributed by atoms with Gasteiger partial charge in [-0.2, -0.15) is 0 Å². The molecular formula is C20H26ClIN4O. The summed E-state index contributed by atoms with van der Waals surface area (Å²) in [4.78, 5) is 15.9. The largest absolute Gasteiger partial charge is 0.352 e. The highest BCUT2D eigenvalue weighted by Crippen LogP contribution is 2.11. The second-order valence-corrected chi connectivity index (χ2v) is 6.69. The number of anilines is 1. The molecule has 0 unspecified atom stereocenters. The average Bonchev–Trinajstić information content (AvgIpc) is 2.63. The van der Waals surface area contributed by atoms with Crippen molar-refractivity contribution >= 4 is 53.1 Å². The Morgan fingerprint density at radius 3 is 2.22 bits per heavy atom. The van der Waals surface area contributed by atoms with E-state index in [1.54, 1.807) is 7.05 Å². The van der Waals surface area contributed by atoms with Gasteiger partial charge in [-0.15, -0.1) is 24.0 Å². The number of benzene rings is 2. The van der Waals surface area contributed by atoms with Crippen LogP contribution < -0.4 is 16.0 Å². The number of nitrogens with zero attached hydrogens (tertiary/aromatic N) is 1. The minimum absolute atomic E-state index is 0. The quantitative estimate of drug-likeness (QED) is 0.313. The van der Waals surface area contributed by atoms with Crippen LogP contribution in [0.25, 0.3) is 0 Å². The minimum atomic E-state index is -0.0368. The van der Waals surface area contributed by atoms with Crippen molar-refractivity contribution in [2.45, 2.75) is 26.9 Å². The molecular weight excluding hydrogens is 475 g/mol. The summed E-state index contributed by atoms with van der Waals surface area (Å²) in [5.41, 5.74) is 2.99. The number of hydrogen-bond acceptors (Lipinski definition) is 2. The van der Waals surface area contributed by atoms with Crippen molar-refractivity contribution in [3.8, 4) is 0 Å². The normalized spacial score (nSPS) is 10.9. The minimum Gasteiger partial charge on any atom is -0.352 e. The number of halogens is 2. The van der Waals surface area contributed by atoms with Gasteiger partial charge in [0.1, 0.15) is 0 Å². The molecule has 5 nitrogen and oxygen atoms in total. The lowest BCUT2D eigenvalue weighted by molar-refractivity contribution is -0.118. The van der Waals surface area contributed by atoms with Crippen LogP contribution in [-0.4, -0.2) is 18.9 Å². The van der Waals surface area contributed by atoms with Gasteiger partial charge >= 0.3 is 0 Å². The molecule has 146 valence electrons. The summed E-state index contributed by atoms with van der Waals surface area (Å²) < 4.78 is 0. The molecule has 2 aromatic rings. The van der Waals surface area contributed by atoms with Gasteiger partial charge in [0.2, 0.25) is 5.91 Å². The van der Waals surface area contributed by atoms with Gasteiger partial charge in [0.25, 0.3) is 0 Å². The van der Waals surface area contributed by atoms with Crippen LogP contribution in [0.5, 0.6) is 0 Å². The van der Waals surface area contributed by atoms with Gasteiger partial charge in [-0.1, -0.05) is 49.7 Å². The monoisotopic (exact) mass is 500 g/mol.